The van der Waals surface area contributed by atoms with Crippen molar-refractivity contribution >= 4 is 35.3 Å². The summed E-state index contributed by atoms with van der Waals surface area (Å²) in [6.07, 6.45) is -0.189. The summed E-state index contributed by atoms with van der Waals surface area (Å²) < 4.78 is 16.8. The highest BCUT2D eigenvalue weighted by atomic mass is 32.1. The normalized spacial score (nSPS) is 17.9. The van der Waals surface area contributed by atoms with E-state index in [2.05, 4.69) is 15.3 Å². The van der Waals surface area contributed by atoms with Crippen LogP contribution >= 0.6 is 0 Å². The number of hydrogen-bond donors (Lipinski definition) is 2. The number of benzene rings is 1. The van der Waals surface area contributed by atoms with Gasteiger partial charge in [-0.05, 0) is 12.5 Å². The maximum atomic E-state index is 11.6. The quantitative estimate of drug-likeness (QED) is 0.554. The van der Waals surface area contributed by atoms with Crippen molar-refractivity contribution in [3.05, 3.63) is 41.7 Å². The lowest BCUT2D eigenvalue weighted by Gasteiger charge is -2.22. The molecule has 0 fully saturated rings. The maximum absolute atomic E-state index is 11.6. The summed E-state index contributed by atoms with van der Waals surface area (Å²) in [6.45, 7) is 2.24. The Labute approximate surface area is 155 Å². The predicted octanol–water partition coefficient (Wildman–Crippen LogP) is 1.52. The first-order chi connectivity index (χ1) is 12.6. The molecule has 1 aromatic heterocycles. The van der Waals surface area contributed by atoms with E-state index < -0.39 is 11.4 Å². The van der Waals surface area contributed by atoms with E-state index in [4.69, 9.17) is 10.5 Å². The topological polar surface area (TPSA) is 110 Å². The molecule has 0 saturated carbocycles. The molecule has 9 heteroatoms. The zero-order valence-electron chi connectivity index (χ0n) is 14.5. The van der Waals surface area contributed by atoms with E-state index in [0.717, 1.165) is 11.8 Å². The van der Waals surface area contributed by atoms with E-state index in [-0.39, 0.29) is 11.9 Å². The van der Waals surface area contributed by atoms with Crippen molar-refractivity contribution in [1.29, 1.82) is 0 Å². The number of nitrogens with one attached hydrogen (secondary N) is 1. The summed E-state index contributed by atoms with van der Waals surface area (Å²) in [4.78, 5) is 22.2. The van der Waals surface area contributed by atoms with Gasteiger partial charge in [-0.3, -0.25) is 4.79 Å². The van der Waals surface area contributed by atoms with Crippen LogP contribution in [0.5, 0.6) is 0 Å². The second-order valence-corrected chi connectivity index (χ2v) is 6.66. The molecule has 0 spiro atoms. The molecule has 8 nitrogen and oxygen atoms in total. The number of nitrogens with two attached hydrogens (primary N) is 1. The van der Waals surface area contributed by atoms with Crippen molar-refractivity contribution < 1.29 is 13.7 Å². The number of rotatable bonds is 7. The van der Waals surface area contributed by atoms with Crippen LogP contribution in [0.3, 0.4) is 0 Å². The number of anilines is 3. The van der Waals surface area contributed by atoms with E-state index in [1.54, 1.807) is 6.92 Å². The zero-order chi connectivity index (χ0) is 18.7. The van der Waals surface area contributed by atoms with Crippen molar-refractivity contribution in [3.8, 4) is 0 Å². The number of nitrogen functional groups attached to an aromatic ring is 1. The number of nitrogens with zero attached hydrogens (tertiary/aromatic N) is 3. The van der Waals surface area contributed by atoms with E-state index >= 15 is 0 Å². The zero-order valence-corrected chi connectivity index (χ0v) is 15.3. The second-order valence-electron chi connectivity index (χ2n) is 5.96. The van der Waals surface area contributed by atoms with Gasteiger partial charge >= 0.3 is 16.9 Å². The molecule has 3 N–H and O–H groups in total. The molecule has 1 aliphatic rings. The molecule has 3 unspecified atom stereocenters. The van der Waals surface area contributed by atoms with Crippen molar-refractivity contribution in [1.82, 2.24) is 9.97 Å². The molecule has 0 bridgehead atoms. The third-order valence-electron chi connectivity index (χ3n) is 4.32. The predicted molar refractivity (Wildman–Crippen MR) is 99.8 cm³/mol. The minimum atomic E-state index is -0.610. The van der Waals surface area contributed by atoms with E-state index in [0.29, 0.717) is 35.5 Å². The number of aromatic nitrogens is 2. The van der Waals surface area contributed by atoms with Crippen LogP contribution in [0, 0.1) is 0 Å². The number of ether oxygens (including phenoxy) is 1. The van der Waals surface area contributed by atoms with Crippen LogP contribution in [0.1, 0.15) is 23.6 Å². The molecule has 2 heterocycles. The molecule has 2 aromatic rings. The van der Waals surface area contributed by atoms with Crippen LogP contribution < -0.4 is 16.0 Å². The van der Waals surface area contributed by atoms with Crippen LogP contribution in [0.4, 0.5) is 17.3 Å². The number of hydrogen-bond acceptors (Lipinski definition) is 8. The first-order valence-electron chi connectivity index (χ1n) is 8.10. The third-order valence-corrected chi connectivity index (χ3v) is 5.12. The SMILES string of the molecule is COC(C)C([S+]=O)c1nc(N)c2c(n1)N(Cc1ccccc1)C(C=O)N2. The fourth-order valence-corrected chi connectivity index (χ4v) is 3.29. The summed E-state index contributed by atoms with van der Waals surface area (Å²) >= 11 is 0.358. The van der Waals surface area contributed by atoms with Gasteiger partial charge in [0.1, 0.15) is 11.8 Å². The average Bonchev–Trinajstić information content (AvgIpc) is 3.01. The van der Waals surface area contributed by atoms with Crippen LogP contribution in [0.2, 0.25) is 0 Å². The van der Waals surface area contributed by atoms with Crippen LogP contribution in [0.25, 0.3) is 0 Å². The first-order valence-corrected chi connectivity index (χ1v) is 8.90. The fourth-order valence-electron chi connectivity index (χ4n) is 2.83. The van der Waals surface area contributed by atoms with Crippen LogP contribution in [-0.4, -0.2) is 35.6 Å². The molecule has 0 saturated heterocycles. The molecule has 3 atom stereocenters. The molecule has 0 amide bonds. The van der Waals surface area contributed by atoms with E-state index in [1.807, 2.05) is 35.2 Å². The van der Waals surface area contributed by atoms with Crippen molar-refractivity contribution in [3.63, 3.8) is 0 Å². The van der Waals surface area contributed by atoms with E-state index in [1.165, 1.54) is 7.11 Å². The maximum Gasteiger partial charge on any atom is 0.473 e. The van der Waals surface area contributed by atoms with Crippen LogP contribution in [0.15, 0.2) is 30.3 Å². The number of carbonyl (C=O) groups excluding carboxylic acids is 1. The van der Waals surface area contributed by atoms with Gasteiger partial charge in [0.2, 0.25) is 5.82 Å². The Morgan fingerprint density at radius 1 is 1.38 bits per heavy atom. The largest absolute Gasteiger partial charge is 0.473 e. The monoisotopic (exact) mass is 374 g/mol. The van der Waals surface area contributed by atoms with Gasteiger partial charge in [-0.25, -0.2) is 9.97 Å². The summed E-state index contributed by atoms with van der Waals surface area (Å²) in [5, 5.41) is 2.43. The van der Waals surface area contributed by atoms with Gasteiger partial charge in [0.15, 0.2) is 24.1 Å². The highest BCUT2D eigenvalue weighted by Gasteiger charge is 2.39. The molecule has 3 rings (SSSR count). The Hall–Kier alpha value is -2.65. The van der Waals surface area contributed by atoms with Gasteiger partial charge in [-0.15, -0.1) is 0 Å². The summed E-state index contributed by atoms with van der Waals surface area (Å²) in [6, 6.07) is 9.72. The summed E-state index contributed by atoms with van der Waals surface area (Å²) in [5.41, 5.74) is 7.59. The molecular formula is C17H20N5O3S+. The van der Waals surface area contributed by atoms with Gasteiger partial charge in [0.25, 0.3) is 0 Å². The highest BCUT2D eigenvalue weighted by molar-refractivity contribution is 7.65. The van der Waals surface area contributed by atoms with Gasteiger partial charge in [0, 0.05) is 17.9 Å². The van der Waals surface area contributed by atoms with E-state index in [9.17, 15) is 9.00 Å². The number of aldehydes is 1. The van der Waals surface area contributed by atoms with Gasteiger partial charge in [-0.1, -0.05) is 30.3 Å². The molecule has 1 aromatic carbocycles. The Balaban J connectivity index is 2.02. The molecule has 1 aliphatic heterocycles. The lowest BCUT2D eigenvalue weighted by Crippen LogP contribution is -2.36. The Bertz CT molecular complexity index is 804. The Kier molecular flexibility index (Phi) is 5.38. The van der Waals surface area contributed by atoms with Crippen molar-refractivity contribution in [2.24, 2.45) is 0 Å². The minimum absolute atomic E-state index is 0.203. The number of fused-ring (bicyclic) bond motifs is 1. The second kappa shape index (κ2) is 7.71. The van der Waals surface area contributed by atoms with Crippen molar-refractivity contribution in [2.45, 2.75) is 31.0 Å². The van der Waals surface area contributed by atoms with Crippen LogP contribution in [-0.2, 0) is 32.0 Å². The lowest BCUT2D eigenvalue weighted by atomic mass is 10.2. The smallest absolute Gasteiger partial charge is 0.382 e. The summed E-state index contributed by atoms with van der Waals surface area (Å²) in [7, 11) is 1.52. The molecular weight excluding hydrogens is 354 g/mol. The standard InChI is InChI=1S/C17H20N5O3S/c1-10(25-2)14(26-24)16-20-15(18)13-17(21-16)22(12(9-23)19-13)8-11-6-4-3-5-7-11/h3-7,9-10,12,14,19H,8H2,1-2H3,(H2,18,20,21)/q+1. The molecule has 0 aliphatic carbocycles. The van der Waals surface area contributed by atoms with Gasteiger partial charge in [-0.2, -0.15) is 0 Å². The Morgan fingerprint density at radius 2 is 2.12 bits per heavy atom. The number of methoxy groups -OCH3 is 1. The fraction of sp³-hybridized carbons (Fsp3) is 0.353. The first kappa shape index (κ1) is 18.2. The summed E-state index contributed by atoms with van der Waals surface area (Å²) in [5.74, 6) is 1.01. The lowest BCUT2D eigenvalue weighted by molar-refractivity contribution is -0.108. The molecule has 26 heavy (non-hydrogen) atoms. The third kappa shape index (κ3) is 3.35. The average molecular weight is 374 g/mol. The molecule has 136 valence electrons. The highest BCUT2D eigenvalue weighted by Crippen LogP contribution is 2.38. The van der Waals surface area contributed by atoms with Gasteiger partial charge in [0.05, 0.1) is 0 Å². The Morgan fingerprint density at radius 3 is 2.73 bits per heavy atom. The van der Waals surface area contributed by atoms with Gasteiger partial charge < -0.3 is 20.7 Å². The molecule has 0 radical (unpaired) electrons. The number of carbonyl (C=O) groups is 1. The van der Waals surface area contributed by atoms with Crippen molar-refractivity contribution in [2.75, 3.05) is 23.1 Å². The minimum Gasteiger partial charge on any atom is -0.382 e.